The second-order valence-electron chi connectivity index (χ2n) is 5.98. The molecule has 0 aromatic heterocycles. The van der Waals surface area contributed by atoms with Gasteiger partial charge in [-0.15, -0.1) is 0 Å². The van der Waals surface area contributed by atoms with Gasteiger partial charge in [-0.3, -0.25) is 29.4 Å². The van der Waals surface area contributed by atoms with Gasteiger partial charge in [0.25, 0.3) is 23.4 Å². The van der Waals surface area contributed by atoms with Crippen LogP contribution in [0.3, 0.4) is 0 Å². The van der Waals surface area contributed by atoms with Gasteiger partial charge in [-0.2, -0.15) is 0 Å². The number of carbonyl (C=O) groups is 3. The van der Waals surface area contributed by atoms with Crippen LogP contribution in [0, 0.1) is 10.1 Å². The van der Waals surface area contributed by atoms with Crippen molar-refractivity contribution in [2.45, 2.75) is 6.54 Å². The average molecular weight is 353 g/mol. The van der Waals surface area contributed by atoms with Crippen molar-refractivity contribution in [2.24, 2.45) is 0 Å². The highest BCUT2D eigenvalue weighted by Crippen LogP contribution is 2.24. The van der Waals surface area contributed by atoms with Gasteiger partial charge in [0.15, 0.2) is 0 Å². The zero-order valence-electron chi connectivity index (χ0n) is 14.1. The number of nitro groups is 1. The van der Waals surface area contributed by atoms with Crippen LogP contribution in [0.25, 0.3) is 0 Å². The molecule has 3 amide bonds. The Hall–Kier alpha value is -3.55. The summed E-state index contributed by atoms with van der Waals surface area (Å²) in [5, 5.41) is 11.1. The van der Waals surface area contributed by atoms with Gasteiger partial charge in [-0.1, -0.05) is 18.2 Å². The molecule has 0 fully saturated rings. The van der Waals surface area contributed by atoms with E-state index in [1.54, 1.807) is 18.2 Å². The van der Waals surface area contributed by atoms with Crippen LogP contribution in [0.15, 0.2) is 42.5 Å². The molecule has 0 saturated carbocycles. The lowest BCUT2D eigenvalue weighted by molar-refractivity contribution is -0.385. The SMILES string of the molecule is CN(Cc1ccccc1[N+](=O)[O-])C(=O)c1ccc2c(c1)C(=O)N(C)C2=O. The van der Waals surface area contributed by atoms with Crippen molar-refractivity contribution in [2.75, 3.05) is 14.1 Å². The third-order valence-corrected chi connectivity index (χ3v) is 4.28. The van der Waals surface area contributed by atoms with E-state index in [-0.39, 0.29) is 28.9 Å². The smallest absolute Gasteiger partial charge is 0.274 e. The Bertz CT molecular complexity index is 954. The molecule has 3 rings (SSSR count). The molecule has 0 radical (unpaired) electrons. The van der Waals surface area contributed by atoms with Crippen molar-refractivity contribution in [1.82, 2.24) is 9.80 Å². The summed E-state index contributed by atoms with van der Waals surface area (Å²) in [6.45, 7) is 0.0415. The fraction of sp³-hybridized carbons (Fsp3) is 0.167. The number of carbonyl (C=O) groups excluding carboxylic acids is 3. The maximum absolute atomic E-state index is 12.6. The predicted molar refractivity (Wildman–Crippen MR) is 91.8 cm³/mol. The lowest BCUT2D eigenvalue weighted by Gasteiger charge is -2.17. The van der Waals surface area contributed by atoms with E-state index in [4.69, 9.17) is 0 Å². The number of fused-ring (bicyclic) bond motifs is 1. The quantitative estimate of drug-likeness (QED) is 0.476. The molecule has 2 aromatic carbocycles. The maximum Gasteiger partial charge on any atom is 0.274 e. The Morgan fingerprint density at radius 2 is 1.77 bits per heavy atom. The minimum atomic E-state index is -0.497. The summed E-state index contributed by atoms with van der Waals surface area (Å²) in [6, 6.07) is 10.5. The largest absolute Gasteiger partial charge is 0.337 e. The minimum Gasteiger partial charge on any atom is -0.337 e. The molecule has 8 heteroatoms. The molecule has 26 heavy (non-hydrogen) atoms. The Labute approximate surface area is 148 Å². The normalized spacial score (nSPS) is 12.9. The first kappa shape index (κ1) is 17.3. The van der Waals surface area contributed by atoms with Crippen molar-refractivity contribution in [3.8, 4) is 0 Å². The van der Waals surface area contributed by atoms with Gasteiger partial charge in [0, 0.05) is 31.3 Å². The van der Waals surface area contributed by atoms with Crippen LogP contribution < -0.4 is 0 Å². The van der Waals surface area contributed by atoms with Crippen LogP contribution in [0.1, 0.15) is 36.6 Å². The Balaban J connectivity index is 1.86. The summed E-state index contributed by atoms with van der Waals surface area (Å²) < 4.78 is 0. The third kappa shape index (κ3) is 2.81. The second kappa shape index (κ2) is 6.40. The van der Waals surface area contributed by atoms with E-state index in [2.05, 4.69) is 0 Å². The van der Waals surface area contributed by atoms with Gasteiger partial charge < -0.3 is 4.90 Å². The molecule has 0 atom stereocenters. The van der Waals surface area contributed by atoms with Crippen LogP contribution in [-0.4, -0.2) is 46.5 Å². The first-order valence-corrected chi connectivity index (χ1v) is 7.75. The zero-order chi connectivity index (χ0) is 19.0. The topological polar surface area (TPSA) is 101 Å². The highest BCUT2D eigenvalue weighted by molar-refractivity contribution is 6.21. The molecule has 0 unspecified atom stereocenters. The van der Waals surface area contributed by atoms with Crippen LogP contribution in [0.4, 0.5) is 5.69 Å². The Kier molecular flexibility index (Phi) is 4.25. The molecule has 0 spiro atoms. The number of hydrogen-bond donors (Lipinski definition) is 0. The highest BCUT2D eigenvalue weighted by atomic mass is 16.6. The molecule has 132 valence electrons. The minimum absolute atomic E-state index is 0.0415. The Morgan fingerprint density at radius 1 is 1.12 bits per heavy atom. The summed E-state index contributed by atoms with van der Waals surface area (Å²) in [7, 11) is 2.90. The summed E-state index contributed by atoms with van der Waals surface area (Å²) >= 11 is 0. The van der Waals surface area contributed by atoms with Gasteiger partial charge in [0.05, 0.1) is 22.6 Å². The first-order valence-electron chi connectivity index (χ1n) is 7.75. The first-order chi connectivity index (χ1) is 12.3. The van der Waals surface area contributed by atoms with E-state index in [9.17, 15) is 24.5 Å². The lowest BCUT2D eigenvalue weighted by Crippen LogP contribution is -2.27. The van der Waals surface area contributed by atoms with Crippen molar-refractivity contribution in [3.05, 3.63) is 74.8 Å². The fourth-order valence-corrected chi connectivity index (χ4v) is 2.86. The highest BCUT2D eigenvalue weighted by Gasteiger charge is 2.33. The monoisotopic (exact) mass is 353 g/mol. The number of imide groups is 1. The fourth-order valence-electron chi connectivity index (χ4n) is 2.86. The van der Waals surface area contributed by atoms with Gasteiger partial charge in [0.1, 0.15) is 0 Å². The van der Waals surface area contributed by atoms with Crippen molar-refractivity contribution in [1.29, 1.82) is 0 Å². The lowest BCUT2D eigenvalue weighted by atomic mass is 10.0. The predicted octanol–water partition coefficient (Wildman–Crippen LogP) is 2.09. The maximum atomic E-state index is 12.6. The molecule has 2 aromatic rings. The third-order valence-electron chi connectivity index (χ3n) is 4.28. The standard InChI is InChI=1S/C18H15N3O5/c1-19(10-12-5-3-4-6-15(12)21(25)26)16(22)11-7-8-13-14(9-11)18(24)20(2)17(13)23/h3-9H,10H2,1-2H3. The average Bonchev–Trinajstić information content (AvgIpc) is 2.85. The molecule has 0 N–H and O–H groups in total. The van der Waals surface area contributed by atoms with Crippen LogP contribution >= 0.6 is 0 Å². The van der Waals surface area contributed by atoms with E-state index < -0.39 is 22.6 Å². The summed E-state index contributed by atoms with van der Waals surface area (Å²) in [5.74, 6) is -1.26. The number of rotatable bonds is 4. The number of amides is 3. The second-order valence-corrected chi connectivity index (χ2v) is 5.98. The van der Waals surface area contributed by atoms with Gasteiger partial charge in [-0.25, -0.2) is 0 Å². The van der Waals surface area contributed by atoms with Crippen molar-refractivity contribution >= 4 is 23.4 Å². The molecule has 1 heterocycles. The zero-order valence-corrected chi connectivity index (χ0v) is 14.1. The van der Waals surface area contributed by atoms with Crippen LogP contribution in [0.5, 0.6) is 0 Å². The number of para-hydroxylation sites is 1. The van der Waals surface area contributed by atoms with E-state index in [0.717, 1.165) is 4.90 Å². The molecule has 0 aliphatic carbocycles. The van der Waals surface area contributed by atoms with Gasteiger partial charge >= 0.3 is 0 Å². The summed E-state index contributed by atoms with van der Waals surface area (Å²) in [6.07, 6.45) is 0. The van der Waals surface area contributed by atoms with Gasteiger partial charge in [-0.05, 0) is 18.2 Å². The van der Waals surface area contributed by atoms with Gasteiger partial charge in [0.2, 0.25) is 0 Å². The molecule has 1 aliphatic rings. The van der Waals surface area contributed by atoms with E-state index in [1.807, 2.05) is 0 Å². The molecular weight excluding hydrogens is 338 g/mol. The number of benzene rings is 2. The molecule has 0 bridgehead atoms. The van der Waals surface area contributed by atoms with Crippen LogP contribution in [0.2, 0.25) is 0 Å². The molecule has 0 saturated heterocycles. The van der Waals surface area contributed by atoms with E-state index in [1.165, 1.54) is 43.3 Å². The van der Waals surface area contributed by atoms with E-state index in [0.29, 0.717) is 5.56 Å². The number of nitro benzene ring substituents is 1. The summed E-state index contributed by atoms with van der Waals surface area (Å²) in [4.78, 5) is 49.5. The van der Waals surface area contributed by atoms with Crippen LogP contribution in [-0.2, 0) is 6.54 Å². The Morgan fingerprint density at radius 3 is 2.46 bits per heavy atom. The number of hydrogen-bond acceptors (Lipinski definition) is 5. The summed E-state index contributed by atoms with van der Waals surface area (Å²) in [5.41, 5.74) is 1.02. The van der Waals surface area contributed by atoms with Crippen molar-refractivity contribution in [3.63, 3.8) is 0 Å². The number of nitrogens with zero attached hydrogens (tertiary/aromatic N) is 3. The molecule has 1 aliphatic heterocycles. The van der Waals surface area contributed by atoms with Crippen molar-refractivity contribution < 1.29 is 19.3 Å². The molecule has 8 nitrogen and oxygen atoms in total. The molecular formula is C18H15N3O5. The van der Waals surface area contributed by atoms with E-state index >= 15 is 0 Å².